The normalized spacial score (nSPS) is 14.2. The number of carbonyl (C=O) groups is 1. The summed E-state index contributed by atoms with van der Waals surface area (Å²) in [6.45, 7) is 5.15. The van der Waals surface area contributed by atoms with Crippen molar-refractivity contribution in [1.82, 2.24) is 0 Å². The Bertz CT molecular complexity index is 428. The van der Waals surface area contributed by atoms with Gasteiger partial charge in [-0.2, -0.15) is 0 Å². The van der Waals surface area contributed by atoms with Gasteiger partial charge in [0.25, 0.3) is 7.82 Å². The molecule has 0 fully saturated rings. The van der Waals surface area contributed by atoms with E-state index in [-0.39, 0.29) is 35.8 Å². The molecule has 9 heteroatoms. The van der Waals surface area contributed by atoms with Gasteiger partial charge < -0.3 is 18.7 Å². The fourth-order valence-electron chi connectivity index (χ4n) is 2.66. The Hall–Kier alpha value is 0.687. The van der Waals surface area contributed by atoms with Crippen LogP contribution in [0, 0.1) is 0 Å². The van der Waals surface area contributed by atoms with Crippen LogP contribution < -0.4 is 23.8 Å². The molecule has 1 unspecified atom stereocenters. The standard InChI is InChI=1S/C20H41O6PS.Li/c1-4-6-8-10-12-14-16-25-17-19(18-26-27(22,23)24-3)28-20(21)15-13-11-9-7-5-2;/h19H,4-18H2,1-3H3,(H,22,23);/q;+1/p-1/t19-;/m1./s1. The van der Waals surface area contributed by atoms with E-state index in [4.69, 9.17) is 9.26 Å². The molecule has 168 valence electrons. The van der Waals surface area contributed by atoms with E-state index in [0.29, 0.717) is 19.6 Å². The minimum Gasteiger partial charge on any atom is -0.756 e. The number of rotatable bonds is 20. The second kappa shape index (κ2) is 21.9. The Morgan fingerprint density at radius 3 is 2.07 bits per heavy atom. The van der Waals surface area contributed by atoms with Gasteiger partial charge in [0.1, 0.15) is 0 Å². The van der Waals surface area contributed by atoms with Crippen LogP contribution in [0.4, 0.5) is 0 Å². The molecule has 0 heterocycles. The van der Waals surface area contributed by atoms with E-state index in [2.05, 4.69) is 18.4 Å². The van der Waals surface area contributed by atoms with E-state index in [1.807, 2.05) is 0 Å². The summed E-state index contributed by atoms with van der Waals surface area (Å²) in [7, 11) is -3.23. The van der Waals surface area contributed by atoms with Crippen molar-refractivity contribution in [2.24, 2.45) is 0 Å². The zero-order chi connectivity index (χ0) is 21.1. The summed E-state index contributed by atoms with van der Waals surface area (Å²) >= 11 is 1.13. The quantitative estimate of drug-likeness (QED) is 0.161. The number of ether oxygens (including phenoxy) is 1. The number of unbranched alkanes of at least 4 members (excludes halogenated alkanes) is 9. The van der Waals surface area contributed by atoms with Crippen molar-refractivity contribution in [3.63, 3.8) is 0 Å². The molecule has 0 aromatic rings. The summed E-state index contributed by atoms with van der Waals surface area (Å²) in [5.41, 5.74) is 0. The molecule has 0 aliphatic carbocycles. The van der Waals surface area contributed by atoms with E-state index in [9.17, 15) is 14.3 Å². The van der Waals surface area contributed by atoms with Crippen molar-refractivity contribution in [3.05, 3.63) is 0 Å². The van der Waals surface area contributed by atoms with Crippen LogP contribution in [0.5, 0.6) is 0 Å². The van der Waals surface area contributed by atoms with E-state index in [1.54, 1.807) is 0 Å². The first-order chi connectivity index (χ1) is 13.4. The summed E-state index contributed by atoms with van der Waals surface area (Å²) in [6, 6.07) is 0. The first kappa shape index (κ1) is 31.9. The van der Waals surface area contributed by atoms with Gasteiger partial charge in [0.05, 0.1) is 18.5 Å². The molecule has 0 aromatic heterocycles. The zero-order valence-corrected chi connectivity index (χ0v) is 20.7. The maximum Gasteiger partial charge on any atom is 1.00 e. The van der Waals surface area contributed by atoms with Crippen LogP contribution in [0.1, 0.15) is 90.9 Å². The van der Waals surface area contributed by atoms with Crippen molar-refractivity contribution >= 4 is 24.7 Å². The van der Waals surface area contributed by atoms with Crippen molar-refractivity contribution in [1.29, 1.82) is 0 Å². The second-order valence-corrected chi connectivity index (χ2v) is 9.92. The Morgan fingerprint density at radius 1 is 0.931 bits per heavy atom. The largest absolute Gasteiger partial charge is 1.00 e. The minimum absolute atomic E-state index is 0. The molecular formula is C20H40LiO6PS. The Balaban J connectivity index is 0. The van der Waals surface area contributed by atoms with Gasteiger partial charge >= 0.3 is 18.9 Å². The Morgan fingerprint density at radius 2 is 1.48 bits per heavy atom. The van der Waals surface area contributed by atoms with Crippen LogP contribution in [-0.2, 0) is 23.1 Å². The molecule has 0 N–H and O–H groups in total. The molecule has 29 heavy (non-hydrogen) atoms. The van der Waals surface area contributed by atoms with E-state index < -0.39 is 7.82 Å². The van der Waals surface area contributed by atoms with Crippen molar-refractivity contribution in [2.75, 3.05) is 26.9 Å². The van der Waals surface area contributed by atoms with Crippen LogP contribution >= 0.6 is 19.6 Å². The topological polar surface area (TPSA) is 84.9 Å². The maximum absolute atomic E-state index is 12.2. The van der Waals surface area contributed by atoms with Crippen molar-refractivity contribution in [3.8, 4) is 0 Å². The van der Waals surface area contributed by atoms with Gasteiger partial charge in [-0.15, -0.1) is 0 Å². The third kappa shape index (κ3) is 21.7. The van der Waals surface area contributed by atoms with Crippen LogP contribution in [0.25, 0.3) is 0 Å². The molecule has 0 spiro atoms. The molecule has 0 saturated carbocycles. The van der Waals surface area contributed by atoms with Gasteiger partial charge in [-0.3, -0.25) is 9.36 Å². The van der Waals surface area contributed by atoms with E-state index in [1.165, 1.54) is 38.5 Å². The summed E-state index contributed by atoms with van der Waals surface area (Å²) in [5.74, 6) is 0. The molecular weight excluding hydrogens is 406 g/mol. The molecule has 0 saturated heterocycles. The second-order valence-electron chi connectivity index (χ2n) is 7.04. The summed E-state index contributed by atoms with van der Waals surface area (Å²) < 4.78 is 26.3. The molecule has 0 aliphatic rings. The van der Waals surface area contributed by atoms with Gasteiger partial charge in [0, 0.05) is 20.1 Å². The fraction of sp³-hybridized carbons (Fsp3) is 0.950. The third-order valence-electron chi connectivity index (χ3n) is 4.37. The SMILES string of the molecule is CCCCCCCCOC[C@H](COP(=O)([O-])OC)SC(=O)CCCCCCC.[Li+]. The fourth-order valence-corrected chi connectivity index (χ4v) is 4.16. The van der Waals surface area contributed by atoms with Crippen LogP contribution in [-0.4, -0.2) is 37.3 Å². The smallest absolute Gasteiger partial charge is 0.756 e. The van der Waals surface area contributed by atoms with Gasteiger partial charge in [-0.1, -0.05) is 83.4 Å². The summed E-state index contributed by atoms with van der Waals surface area (Å²) in [5, 5.41) is -0.285. The Kier molecular flexibility index (Phi) is 24.1. The first-order valence-corrected chi connectivity index (χ1v) is 13.1. The number of thioether (sulfide) groups is 1. The average molecular weight is 447 g/mol. The summed E-state index contributed by atoms with van der Waals surface area (Å²) in [4.78, 5) is 23.6. The molecule has 0 amide bonds. The Labute approximate surface area is 194 Å². The maximum atomic E-state index is 12.2. The molecule has 0 rings (SSSR count). The number of hydrogen-bond donors (Lipinski definition) is 0. The predicted molar refractivity (Wildman–Crippen MR) is 115 cm³/mol. The van der Waals surface area contributed by atoms with Gasteiger partial charge in [0.2, 0.25) is 0 Å². The van der Waals surface area contributed by atoms with Gasteiger partial charge in [-0.05, 0) is 12.8 Å². The van der Waals surface area contributed by atoms with E-state index in [0.717, 1.165) is 51.0 Å². The number of phosphoric ester groups is 1. The van der Waals surface area contributed by atoms with Gasteiger partial charge in [-0.25, -0.2) is 0 Å². The van der Waals surface area contributed by atoms with Crippen LogP contribution in [0.2, 0.25) is 0 Å². The third-order valence-corrected chi connectivity index (χ3v) is 6.36. The van der Waals surface area contributed by atoms with Gasteiger partial charge in [0.15, 0.2) is 5.12 Å². The molecule has 0 radical (unpaired) electrons. The predicted octanol–water partition coefficient (Wildman–Crippen LogP) is 2.49. The molecule has 0 bridgehead atoms. The van der Waals surface area contributed by atoms with Crippen LogP contribution in [0.15, 0.2) is 0 Å². The summed E-state index contributed by atoms with van der Waals surface area (Å²) in [6.07, 6.45) is 13.0. The first-order valence-electron chi connectivity index (χ1n) is 10.7. The molecule has 6 nitrogen and oxygen atoms in total. The monoisotopic (exact) mass is 446 g/mol. The molecule has 0 aliphatic heterocycles. The zero-order valence-electron chi connectivity index (χ0n) is 19.0. The average Bonchev–Trinajstić information content (AvgIpc) is 2.67. The minimum atomic E-state index is -4.30. The van der Waals surface area contributed by atoms with E-state index >= 15 is 0 Å². The number of carbonyl (C=O) groups excluding carboxylic acids is 1. The van der Waals surface area contributed by atoms with Crippen LogP contribution in [0.3, 0.4) is 0 Å². The van der Waals surface area contributed by atoms with Crippen molar-refractivity contribution in [2.45, 2.75) is 96.1 Å². The van der Waals surface area contributed by atoms with Crippen molar-refractivity contribution < 1.29 is 46.9 Å². The molecule has 0 aromatic carbocycles. The number of phosphoric acid groups is 1. The molecule has 2 atom stereocenters. The number of hydrogen-bond acceptors (Lipinski definition) is 7.